The van der Waals surface area contributed by atoms with Crippen molar-refractivity contribution in [3.8, 4) is 5.75 Å². The number of anilines is 3. The average Bonchev–Trinajstić information content (AvgIpc) is 3.49. The molecule has 0 radical (unpaired) electrons. The van der Waals surface area contributed by atoms with Crippen LogP contribution in [0.2, 0.25) is 0 Å². The fourth-order valence-corrected chi connectivity index (χ4v) is 4.93. The van der Waals surface area contributed by atoms with Crippen LogP contribution in [0, 0.1) is 22.9 Å². The SMILES string of the molecule is CN[C@@H](C)C(=O)N[C@H](C(=O)N1CCC[C@H]1C(=O)Nc1cc2c(Nc3ccc(F)c(F)c3F)ncnc2cc1OC)C(C)(C)C. The minimum atomic E-state index is -1.64. The Balaban J connectivity index is 1.62. The number of rotatable bonds is 9. The van der Waals surface area contributed by atoms with Crippen LogP contribution in [-0.4, -0.2) is 71.4 Å². The van der Waals surface area contributed by atoms with Crippen molar-refractivity contribution in [1.82, 2.24) is 25.5 Å². The first-order valence-corrected chi connectivity index (χ1v) is 14.1. The number of likely N-dealkylation sites (N-methyl/N-ethyl adjacent to an activating group) is 1. The van der Waals surface area contributed by atoms with Crippen LogP contribution in [0.25, 0.3) is 10.9 Å². The van der Waals surface area contributed by atoms with Crippen molar-refractivity contribution in [3.63, 3.8) is 0 Å². The quantitative estimate of drug-likeness (QED) is 0.267. The highest BCUT2D eigenvalue weighted by molar-refractivity contribution is 6.03. The zero-order valence-corrected chi connectivity index (χ0v) is 25.3. The van der Waals surface area contributed by atoms with Gasteiger partial charge in [-0.05, 0) is 50.4 Å². The number of methoxy groups -OCH3 is 1. The third-order valence-corrected chi connectivity index (χ3v) is 7.57. The third kappa shape index (κ3) is 6.69. The number of carbonyl (C=O) groups is 3. The number of halogens is 3. The summed E-state index contributed by atoms with van der Waals surface area (Å²) in [4.78, 5) is 49.9. The van der Waals surface area contributed by atoms with Gasteiger partial charge in [0.2, 0.25) is 17.7 Å². The van der Waals surface area contributed by atoms with Gasteiger partial charge in [0.05, 0.1) is 30.0 Å². The summed E-state index contributed by atoms with van der Waals surface area (Å²) in [6.07, 6.45) is 2.18. The molecule has 1 aromatic heterocycles. The van der Waals surface area contributed by atoms with Crippen LogP contribution in [0.15, 0.2) is 30.6 Å². The van der Waals surface area contributed by atoms with Crippen LogP contribution in [0.3, 0.4) is 0 Å². The summed E-state index contributed by atoms with van der Waals surface area (Å²) in [6, 6.07) is 2.63. The first-order chi connectivity index (χ1) is 20.8. The number of carbonyl (C=O) groups excluding carboxylic acids is 3. The standard InChI is InChI=1S/C30H36F3N7O4/c1-15(34-5)27(41)39-25(30(2,3)4)29(43)40-11-7-8-21(40)28(42)38-20-12-16-19(13-22(20)44-6)35-14-36-26(16)37-18-10-9-17(31)23(32)24(18)33/h9-10,12-15,21,25,34H,7-8,11H2,1-6H3,(H,38,42)(H,39,41)(H,35,36,37)/t15-,21-,25+/m0/s1. The predicted octanol–water partition coefficient (Wildman–Crippen LogP) is 3.87. The monoisotopic (exact) mass is 615 g/mol. The van der Waals surface area contributed by atoms with Gasteiger partial charge in [0, 0.05) is 18.0 Å². The topological polar surface area (TPSA) is 138 Å². The molecule has 0 aliphatic carbocycles. The van der Waals surface area contributed by atoms with Crippen LogP contribution >= 0.6 is 0 Å². The lowest BCUT2D eigenvalue weighted by Gasteiger charge is -2.36. The van der Waals surface area contributed by atoms with Crippen LogP contribution in [0.4, 0.5) is 30.4 Å². The van der Waals surface area contributed by atoms with Gasteiger partial charge in [-0.2, -0.15) is 0 Å². The first kappa shape index (κ1) is 32.5. The highest BCUT2D eigenvalue weighted by Gasteiger charge is 2.42. The van der Waals surface area contributed by atoms with E-state index in [0.717, 1.165) is 12.1 Å². The van der Waals surface area contributed by atoms with Gasteiger partial charge in [0.1, 0.15) is 30.0 Å². The summed E-state index contributed by atoms with van der Waals surface area (Å²) in [6.45, 7) is 7.53. The minimum absolute atomic E-state index is 0.0651. The van der Waals surface area contributed by atoms with Crippen molar-refractivity contribution in [1.29, 1.82) is 0 Å². The molecule has 1 fully saturated rings. The van der Waals surface area contributed by atoms with E-state index >= 15 is 0 Å². The molecule has 3 aromatic rings. The Labute approximate surface area is 252 Å². The van der Waals surface area contributed by atoms with Gasteiger partial charge in [0.25, 0.3) is 0 Å². The molecule has 1 aliphatic heterocycles. The van der Waals surface area contributed by atoms with E-state index in [2.05, 4.69) is 31.2 Å². The van der Waals surface area contributed by atoms with Crippen molar-refractivity contribution in [2.75, 3.05) is 31.3 Å². The van der Waals surface area contributed by atoms with Gasteiger partial charge in [-0.15, -0.1) is 0 Å². The molecule has 14 heteroatoms. The van der Waals surface area contributed by atoms with Crippen molar-refractivity contribution >= 4 is 45.8 Å². The maximum absolute atomic E-state index is 14.4. The van der Waals surface area contributed by atoms with Gasteiger partial charge in [-0.3, -0.25) is 14.4 Å². The Hall–Kier alpha value is -4.46. The molecule has 44 heavy (non-hydrogen) atoms. The number of hydrogen-bond acceptors (Lipinski definition) is 8. The molecule has 0 bridgehead atoms. The molecule has 4 rings (SSSR count). The zero-order valence-electron chi connectivity index (χ0n) is 25.3. The molecular formula is C30H36F3N7O4. The van der Waals surface area contributed by atoms with Gasteiger partial charge in [0.15, 0.2) is 17.5 Å². The van der Waals surface area contributed by atoms with E-state index in [9.17, 15) is 27.6 Å². The first-order valence-electron chi connectivity index (χ1n) is 14.1. The van der Waals surface area contributed by atoms with Crippen LogP contribution in [-0.2, 0) is 14.4 Å². The molecule has 1 aliphatic rings. The third-order valence-electron chi connectivity index (χ3n) is 7.57. The number of ether oxygens (including phenoxy) is 1. The Morgan fingerprint density at radius 1 is 1.07 bits per heavy atom. The van der Waals surface area contributed by atoms with E-state index in [4.69, 9.17) is 4.74 Å². The lowest BCUT2D eigenvalue weighted by atomic mass is 9.85. The van der Waals surface area contributed by atoms with Crippen molar-refractivity contribution in [3.05, 3.63) is 48.0 Å². The Morgan fingerprint density at radius 2 is 1.80 bits per heavy atom. The summed E-state index contributed by atoms with van der Waals surface area (Å²) in [7, 11) is 3.05. The van der Waals surface area contributed by atoms with Crippen LogP contribution < -0.4 is 26.0 Å². The number of aromatic nitrogens is 2. The van der Waals surface area contributed by atoms with Crippen molar-refractivity contribution in [2.24, 2.45) is 5.41 Å². The molecule has 1 saturated heterocycles. The normalized spacial score (nSPS) is 16.4. The Bertz CT molecular complexity index is 1580. The molecular weight excluding hydrogens is 579 g/mol. The number of nitrogens with one attached hydrogen (secondary N) is 4. The average molecular weight is 616 g/mol. The molecule has 0 unspecified atom stereocenters. The summed E-state index contributed by atoms with van der Waals surface area (Å²) in [5.41, 5.74) is -0.411. The molecule has 0 spiro atoms. The summed E-state index contributed by atoms with van der Waals surface area (Å²) >= 11 is 0. The number of likely N-dealkylation sites (tertiary alicyclic amines) is 1. The Morgan fingerprint density at radius 3 is 2.45 bits per heavy atom. The Kier molecular flexibility index (Phi) is 9.62. The summed E-state index contributed by atoms with van der Waals surface area (Å²) in [5, 5.41) is 11.5. The van der Waals surface area contributed by atoms with Crippen molar-refractivity contribution in [2.45, 2.75) is 58.7 Å². The second-order valence-corrected chi connectivity index (χ2v) is 11.6. The number of fused-ring (bicyclic) bond motifs is 1. The van der Waals surface area contributed by atoms with Crippen LogP contribution in [0.5, 0.6) is 5.75 Å². The molecule has 3 atom stereocenters. The van der Waals surface area contributed by atoms with Gasteiger partial charge in [-0.25, -0.2) is 23.1 Å². The largest absolute Gasteiger partial charge is 0.494 e. The lowest BCUT2D eigenvalue weighted by molar-refractivity contribution is -0.143. The summed E-state index contributed by atoms with van der Waals surface area (Å²) < 4.78 is 47.2. The molecule has 2 heterocycles. The fourth-order valence-electron chi connectivity index (χ4n) is 4.93. The zero-order chi connectivity index (χ0) is 32.3. The minimum Gasteiger partial charge on any atom is -0.494 e. The number of benzene rings is 2. The molecule has 11 nitrogen and oxygen atoms in total. The maximum atomic E-state index is 14.4. The smallest absolute Gasteiger partial charge is 0.247 e. The van der Waals surface area contributed by atoms with E-state index < -0.39 is 46.9 Å². The fraction of sp³-hybridized carbons (Fsp3) is 0.433. The predicted molar refractivity (Wildman–Crippen MR) is 159 cm³/mol. The van der Waals surface area contributed by atoms with E-state index in [1.807, 2.05) is 20.8 Å². The van der Waals surface area contributed by atoms with E-state index in [1.54, 1.807) is 14.0 Å². The highest BCUT2D eigenvalue weighted by atomic mass is 19.2. The number of hydrogen-bond donors (Lipinski definition) is 4. The van der Waals surface area contributed by atoms with Gasteiger partial charge >= 0.3 is 0 Å². The number of amides is 3. The lowest BCUT2D eigenvalue weighted by Crippen LogP contribution is -2.59. The van der Waals surface area contributed by atoms with E-state index in [-0.39, 0.29) is 34.8 Å². The molecule has 0 saturated carbocycles. The molecule has 4 N–H and O–H groups in total. The highest BCUT2D eigenvalue weighted by Crippen LogP contribution is 2.35. The second-order valence-electron chi connectivity index (χ2n) is 11.6. The van der Waals surface area contributed by atoms with E-state index in [1.165, 1.54) is 30.5 Å². The van der Waals surface area contributed by atoms with Crippen LogP contribution in [0.1, 0.15) is 40.5 Å². The maximum Gasteiger partial charge on any atom is 0.247 e. The molecule has 236 valence electrons. The summed E-state index contributed by atoms with van der Waals surface area (Å²) in [5.74, 6) is -5.25. The van der Waals surface area contributed by atoms with Gasteiger partial charge < -0.3 is 30.9 Å². The second kappa shape index (κ2) is 13.0. The van der Waals surface area contributed by atoms with E-state index in [0.29, 0.717) is 30.3 Å². The van der Waals surface area contributed by atoms with Gasteiger partial charge in [-0.1, -0.05) is 20.8 Å². The molecule has 3 amide bonds. The number of nitrogens with zero attached hydrogens (tertiary/aromatic N) is 3. The van der Waals surface area contributed by atoms with Crippen molar-refractivity contribution < 1.29 is 32.3 Å². The molecule has 2 aromatic carbocycles.